The first-order valence-electron chi connectivity index (χ1n) is 8.61. The number of carbonyl (C=O) groups is 2. The number of carboxylic acids is 1. The second-order valence-electron chi connectivity index (χ2n) is 6.19. The standard InChI is InChI=1S/C20H22N2O5/c1-26-16-7-3-14(4-8-16)21-11-12-22(20(25)18(21)13-19(23)24)15-5-9-17(27-2)10-6-15/h3-10,18H,11-13H2,1-2H3,(H,23,24). The van der Waals surface area contributed by atoms with Crippen LogP contribution in [0.4, 0.5) is 11.4 Å². The number of carbonyl (C=O) groups excluding carboxylic acids is 1. The van der Waals surface area contributed by atoms with Crippen LogP contribution in [0, 0.1) is 0 Å². The van der Waals surface area contributed by atoms with Crippen LogP contribution < -0.4 is 19.3 Å². The van der Waals surface area contributed by atoms with Crippen LogP contribution in [-0.4, -0.2) is 50.3 Å². The van der Waals surface area contributed by atoms with E-state index in [1.165, 1.54) is 0 Å². The first-order valence-corrected chi connectivity index (χ1v) is 8.61. The zero-order chi connectivity index (χ0) is 19.4. The second kappa shape index (κ2) is 7.99. The van der Waals surface area contributed by atoms with E-state index in [-0.39, 0.29) is 12.3 Å². The van der Waals surface area contributed by atoms with E-state index in [1.807, 2.05) is 17.0 Å². The van der Waals surface area contributed by atoms with Crippen molar-refractivity contribution in [2.45, 2.75) is 12.5 Å². The Labute approximate surface area is 157 Å². The summed E-state index contributed by atoms with van der Waals surface area (Å²) in [5.74, 6) is 0.162. The van der Waals surface area contributed by atoms with Gasteiger partial charge in [-0.05, 0) is 48.5 Å². The summed E-state index contributed by atoms with van der Waals surface area (Å²) in [5, 5.41) is 9.32. The van der Waals surface area contributed by atoms with Crippen molar-refractivity contribution in [1.29, 1.82) is 0 Å². The van der Waals surface area contributed by atoms with Gasteiger partial charge < -0.3 is 24.4 Å². The summed E-state index contributed by atoms with van der Waals surface area (Å²) >= 11 is 0. The van der Waals surface area contributed by atoms with Gasteiger partial charge in [-0.3, -0.25) is 9.59 Å². The maximum atomic E-state index is 13.1. The van der Waals surface area contributed by atoms with E-state index in [4.69, 9.17) is 9.47 Å². The van der Waals surface area contributed by atoms with E-state index >= 15 is 0 Å². The number of amides is 1. The SMILES string of the molecule is COc1ccc(N2CCN(c3ccc(OC)cc3)C(CC(=O)O)C2=O)cc1. The molecule has 1 atom stereocenters. The van der Waals surface area contributed by atoms with Gasteiger partial charge in [0.15, 0.2) is 0 Å². The lowest BCUT2D eigenvalue weighted by molar-refractivity contribution is -0.139. The van der Waals surface area contributed by atoms with Crippen LogP contribution >= 0.6 is 0 Å². The largest absolute Gasteiger partial charge is 0.497 e. The van der Waals surface area contributed by atoms with Crippen molar-refractivity contribution in [3.63, 3.8) is 0 Å². The molecule has 1 amide bonds. The molecular formula is C20H22N2O5. The summed E-state index contributed by atoms with van der Waals surface area (Å²) in [7, 11) is 3.16. The second-order valence-corrected chi connectivity index (χ2v) is 6.19. The predicted octanol–water partition coefficient (Wildman–Crippen LogP) is 2.40. The molecule has 1 fully saturated rings. The van der Waals surface area contributed by atoms with Gasteiger partial charge in [0.25, 0.3) is 0 Å². The molecule has 1 N–H and O–H groups in total. The highest BCUT2D eigenvalue weighted by atomic mass is 16.5. The zero-order valence-electron chi connectivity index (χ0n) is 15.3. The fraction of sp³-hybridized carbons (Fsp3) is 0.300. The first kappa shape index (κ1) is 18.6. The number of hydrogen-bond acceptors (Lipinski definition) is 5. The zero-order valence-corrected chi connectivity index (χ0v) is 15.3. The molecule has 0 aliphatic carbocycles. The van der Waals surface area contributed by atoms with Crippen LogP contribution in [0.25, 0.3) is 0 Å². The molecule has 0 radical (unpaired) electrons. The number of piperazine rings is 1. The number of nitrogens with zero attached hydrogens (tertiary/aromatic N) is 2. The molecule has 3 rings (SSSR count). The van der Waals surface area contributed by atoms with Gasteiger partial charge in [0.1, 0.15) is 17.5 Å². The summed E-state index contributed by atoms with van der Waals surface area (Å²) in [5.41, 5.74) is 1.52. The summed E-state index contributed by atoms with van der Waals surface area (Å²) in [6.07, 6.45) is -0.266. The van der Waals surface area contributed by atoms with Crippen LogP contribution in [0.1, 0.15) is 6.42 Å². The van der Waals surface area contributed by atoms with Crippen LogP contribution in [0.2, 0.25) is 0 Å². The minimum absolute atomic E-state index is 0.232. The Bertz CT molecular complexity index is 804. The van der Waals surface area contributed by atoms with Crippen LogP contribution in [-0.2, 0) is 9.59 Å². The molecule has 2 aromatic carbocycles. The van der Waals surface area contributed by atoms with Crippen LogP contribution in [0.5, 0.6) is 11.5 Å². The molecule has 7 heteroatoms. The van der Waals surface area contributed by atoms with Gasteiger partial charge in [0, 0.05) is 24.5 Å². The summed E-state index contributed by atoms with van der Waals surface area (Å²) in [6, 6.07) is 13.7. The Kier molecular flexibility index (Phi) is 5.49. The van der Waals surface area contributed by atoms with Gasteiger partial charge in [-0.1, -0.05) is 0 Å². The van der Waals surface area contributed by atoms with Crippen molar-refractivity contribution < 1.29 is 24.2 Å². The van der Waals surface area contributed by atoms with Gasteiger partial charge in [-0.15, -0.1) is 0 Å². The number of ether oxygens (including phenoxy) is 2. The first-order chi connectivity index (χ1) is 13.0. The van der Waals surface area contributed by atoms with Crippen molar-refractivity contribution >= 4 is 23.3 Å². The number of anilines is 2. The van der Waals surface area contributed by atoms with Crippen LogP contribution in [0.3, 0.4) is 0 Å². The molecule has 0 saturated carbocycles. The number of methoxy groups -OCH3 is 2. The number of rotatable bonds is 6. The summed E-state index contributed by atoms with van der Waals surface area (Å²) in [6.45, 7) is 0.995. The minimum atomic E-state index is -1.01. The fourth-order valence-electron chi connectivity index (χ4n) is 3.25. The molecule has 0 aromatic heterocycles. The molecule has 0 spiro atoms. The van der Waals surface area contributed by atoms with E-state index in [0.717, 1.165) is 11.4 Å². The molecule has 1 saturated heterocycles. The fourth-order valence-corrected chi connectivity index (χ4v) is 3.25. The van der Waals surface area contributed by atoms with E-state index in [0.29, 0.717) is 24.6 Å². The Morgan fingerprint density at radius 2 is 1.48 bits per heavy atom. The van der Waals surface area contributed by atoms with Crippen molar-refractivity contribution in [3.05, 3.63) is 48.5 Å². The molecular weight excluding hydrogens is 348 g/mol. The third-order valence-electron chi connectivity index (χ3n) is 4.65. The molecule has 1 unspecified atom stereocenters. The molecule has 2 aromatic rings. The molecule has 1 aliphatic rings. The maximum Gasteiger partial charge on any atom is 0.305 e. The highest BCUT2D eigenvalue weighted by molar-refractivity contribution is 6.02. The van der Waals surface area contributed by atoms with E-state index < -0.39 is 12.0 Å². The van der Waals surface area contributed by atoms with E-state index in [9.17, 15) is 14.7 Å². The third-order valence-corrected chi connectivity index (χ3v) is 4.65. The Morgan fingerprint density at radius 3 is 1.96 bits per heavy atom. The summed E-state index contributed by atoms with van der Waals surface area (Å²) < 4.78 is 10.3. The lowest BCUT2D eigenvalue weighted by atomic mass is 10.0. The molecule has 142 valence electrons. The summed E-state index contributed by atoms with van der Waals surface area (Å²) in [4.78, 5) is 27.9. The topological polar surface area (TPSA) is 79.3 Å². The number of aliphatic carboxylic acids is 1. The average molecular weight is 370 g/mol. The van der Waals surface area contributed by atoms with Crippen LogP contribution in [0.15, 0.2) is 48.5 Å². The van der Waals surface area contributed by atoms with Gasteiger partial charge in [-0.2, -0.15) is 0 Å². The number of hydrogen-bond donors (Lipinski definition) is 1. The minimum Gasteiger partial charge on any atom is -0.497 e. The van der Waals surface area contributed by atoms with Gasteiger partial charge in [-0.25, -0.2) is 0 Å². The predicted molar refractivity (Wildman–Crippen MR) is 102 cm³/mol. The van der Waals surface area contributed by atoms with Crippen molar-refractivity contribution in [3.8, 4) is 11.5 Å². The normalized spacial score (nSPS) is 17.0. The number of carboxylic acid groups (broad SMARTS) is 1. The van der Waals surface area contributed by atoms with E-state index in [2.05, 4.69) is 0 Å². The van der Waals surface area contributed by atoms with Gasteiger partial charge >= 0.3 is 5.97 Å². The lowest BCUT2D eigenvalue weighted by Gasteiger charge is -2.41. The van der Waals surface area contributed by atoms with Crippen molar-refractivity contribution in [2.75, 3.05) is 37.1 Å². The number of benzene rings is 2. The molecule has 0 bridgehead atoms. The highest BCUT2D eigenvalue weighted by Crippen LogP contribution is 2.29. The highest BCUT2D eigenvalue weighted by Gasteiger charge is 2.37. The molecule has 27 heavy (non-hydrogen) atoms. The van der Waals surface area contributed by atoms with Gasteiger partial charge in [0.05, 0.1) is 20.6 Å². The Hall–Kier alpha value is -3.22. The quantitative estimate of drug-likeness (QED) is 0.841. The molecule has 1 heterocycles. The smallest absolute Gasteiger partial charge is 0.305 e. The molecule has 1 aliphatic heterocycles. The van der Waals surface area contributed by atoms with Gasteiger partial charge in [0.2, 0.25) is 5.91 Å². The third kappa shape index (κ3) is 3.97. The van der Waals surface area contributed by atoms with Crippen molar-refractivity contribution in [2.24, 2.45) is 0 Å². The Balaban J connectivity index is 1.87. The Morgan fingerprint density at radius 1 is 0.963 bits per heavy atom. The monoisotopic (exact) mass is 370 g/mol. The van der Waals surface area contributed by atoms with Crippen molar-refractivity contribution in [1.82, 2.24) is 0 Å². The average Bonchev–Trinajstić information content (AvgIpc) is 2.69. The van der Waals surface area contributed by atoms with E-state index in [1.54, 1.807) is 55.5 Å². The maximum absolute atomic E-state index is 13.1. The lowest BCUT2D eigenvalue weighted by Crippen LogP contribution is -2.58. The molecule has 7 nitrogen and oxygen atoms in total.